The number of piperazine rings is 1. The van der Waals surface area contributed by atoms with Crippen LogP contribution in [0.1, 0.15) is 19.8 Å². The summed E-state index contributed by atoms with van der Waals surface area (Å²) in [6.07, 6.45) is 0.496. The van der Waals surface area contributed by atoms with Crippen LogP contribution in [0.2, 0.25) is 0 Å². The summed E-state index contributed by atoms with van der Waals surface area (Å²) in [7, 11) is 2.00. The van der Waals surface area contributed by atoms with Crippen molar-refractivity contribution >= 4 is 17.9 Å². The van der Waals surface area contributed by atoms with Gasteiger partial charge in [0.05, 0.1) is 6.42 Å². The molecule has 8 heteroatoms. The average Bonchev–Trinajstić information content (AvgIpc) is 2.37. The molecule has 0 radical (unpaired) electrons. The zero-order valence-electron chi connectivity index (χ0n) is 11.8. The van der Waals surface area contributed by atoms with Crippen LogP contribution in [0.15, 0.2) is 0 Å². The van der Waals surface area contributed by atoms with E-state index in [9.17, 15) is 14.4 Å². The molecule has 0 spiro atoms. The largest absolute Gasteiger partial charge is 0.480 e. The maximum Gasteiger partial charge on any atom is 0.326 e. The van der Waals surface area contributed by atoms with Crippen molar-refractivity contribution in [1.82, 2.24) is 15.1 Å². The molecular weight excluding hydrogens is 264 g/mol. The van der Waals surface area contributed by atoms with Crippen LogP contribution >= 0.6 is 0 Å². The third-order valence-electron chi connectivity index (χ3n) is 3.54. The standard InChI is InChI=1S/C12H22N4O4/c1-3-8-7-16(5-4-15(8)2)12(20)14-9(11(18)19)6-10(13)17/h8-9H,3-7H2,1-2H3,(H2,13,17)(H,14,20)(H,18,19)/t8?,9-/m0/s1. The van der Waals surface area contributed by atoms with Gasteiger partial charge in [-0.3, -0.25) is 9.69 Å². The van der Waals surface area contributed by atoms with Gasteiger partial charge in [0.25, 0.3) is 0 Å². The van der Waals surface area contributed by atoms with Gasteiger partial charge >= 0.3 is 12.0 Å². The highest BCUT2D eigenvalue weighted by molar-refractivity contribution is 5.87. The normalized spacial score (nSPS) is 21.3. The highest BCUT2D eigenvalue weighted by Gasteiger charge is 2.29. The molecule has 8 nitrogen and oxygen atoms in total. The number of rotatable bonds is 5. The fourth-order valence-corrected chi connectivity index (χ4v) is 2.21. The molecule has 114 valence electrons. The molecule has 0 aliphatic carbocycles. The van der Waals surface area contributed by atoms with Crippen LogP contribution in [-0.2, 0) is 9.59 Å². The Kier molecular flexibility index (Phi) is 5.75. The van der Waals surface area contributed by atoms with E-state index in [0.29, 0.717) is 13.1 Å². The van der Waals surface area contributed by atoms with Crippen molar-refractivity contribution in [3.05, 3.63) is 0 Å². The predicted octanol–water partition coefficient (Wildman–Crippen LogP) is -0.949. The van der Waals surface area contributed by atoms with Crippen LogP contribution in [0, 0.1) is 0 Å². The van der Waals surface area contributed by atoms with E-state index < -0.39 is 30.4 Å². The Balaban J connectivity index is 2.60. The van der Waals surface area contributed by atoms with E-state index >= 15 is 0 Å². The van der Waals surface area contributed by atoms with Crippen LogP contribution in [0.5, 0.6) is 0 Å². The number of nitrogens with zero attached hydrogens (tertiary/aromatic N) is 2. The summed E-state index contributed by atoms with van der Waals surface area (Å²) >= 11 is 0. The molecule has 4 N–H and O–H groups in total. The number of carbonyl (C=O) groups is 3. The molecule has 1 fully saturated rings. The number of amides is 3. The number of likely N-dealkylation sites (N-methyl/N-ethyl adjacent to an activating group) is 1. The summed E-state index contributed by atoms with van der Waals surface area (Å²) in [6, 6.07) is -1.49. The second-order valence-corrected chi connectivity index (χ2v) is 5.00. The Bertz CT molecular complexity index is 388. The molecule has 2 atom stereocenters. The number of carboxylic acids is 1. The highest BCUT2D eigenvalue weighted by atomic mass is 16.4. The molecule has 0 aromatic rings. The highest BCUT2D eigenvalue weighted by Crippen LogP contribution is 2.11. The van der Waals surface area contributed by atoms with Gasteiger partial charge < -0.3 is 21.1 Å². The quantitative estimate of drug-likeness (QED) is 0.602. The van der Waals surface area contributed by atoms with Crippen LogP contribution < -0.4 is 11.1 Å². The van der Waals surface area contributed by atoms with E-state index in [-0.39, 0.29) is 6.04 Å². The van der Waals surface area contributed by atoms with Gasteiger partial charge in [-0.25, -0.2) is 9.59 Å². The summed E-state index contributed by atoms with van der Waals surface area (Å²) < 4.78 is 0. The lowest BCUT2D eigenvalue weighted by Gasteiger charge is -2.39. The van der Waals surface area contributed by atoms with Gasteiger partial charge in [-0.15, -0.1) is 0 Å². The molecule has 20 heavy (non-hydrogen) atoms. The second kappa shape index (κ2) is 7.09. The van der Waals surface area contributed by atoms with Gasteiger partial charge in [0.2, 0.25) is 5.91 Å². The van der Waals surface area contributed by atoms with Crippen molar-refractivity contribution in [2.75, 3.05) is 26.7 Å². The molecule has 1 heterocycles. The minimum atomic E-state index is -1.28. The Hall–Kier alpha value is -1.83. The third kappa shape index (κ3) is 4.37. The number of urea groups is 1. The van der Waals surface area contributed by atoms with Crippen molar-refractivity contribution in [3.63, 3.8) is 0 Å². The molecule has 0 bridgehead atoms. The van der Waals surface area contributed by atoms with Crippen molar-refractivity contribution in [2.24, 2.45) is 5.73 Å². The molecule has 0 saturated carbocycles. The average molecular weight is 286 g/mol. The number of hydrogen-bond donors (Lipinski definition) is 3. The molecule has 0 aromatic heterocycles. The summed E-state index contributed by atoms with van der Waals surface area (Å²) in [5.74, 6) is -2.03. The van der Waals surface area contributed by atoms with Gasteiger partial charge in [-0.2, -0.15) is 0 Å². The summed E-state index contributed by atoms with van der Waals surface area (Å²) in [5, 5.41) is 11.3. The second-order valence-electron chi connectivity index (χ2n) is 5.00. The first-order valence-corrected chi connectivity index (χ1v) is 6.62. The predicted molar refractivity (Wildman–Crippen MR) is 72.0 cm³/mol. The number of carboxylic acid groups (broad SMARTS) is 1. The molecule has 0 aromatic carbocycles. The number of nitrogens with one attached hydrogen (secondary N) is 1. The van der Waals surface area contributed by atoms with Crippen molar-refractivity contribution in [2.45, 2.75) is 31.8 Å². The third-order valence-corrected chi connectivity index (χ3v) is 3.54. The van der Waals surface area contributed by atoms with Crippen molar-refractivity contribution in [1.29, 1.82) is 0 Å². The fraction of sp³-hybridized carbons (Fsp3) is 0.750. The first kappa shape index (κ1) is 16.2. The number of carbonyl (C=O) groups excluding carboxylic acids is 2. The molecule has 1 saturated heterocycles. The number of nitrogens with two attached hydrogens (primary N) is 1. The SMILES string of the molecule is CCC1CN(C(=O)N[C@@H](CC(N)=O)C(=O)O)CCN1C. The van der Waals surface area contributed by atoms with Crippen LogP contribution in [0.25, 0.3) is 0 Å². The van der Waals surface area contributed by atoms with Gasteiger partial charge in [0.1, 0.15) is 6.04 Å². The van der Waals surface area contributed by atoms with E-state index in [1.807, 2.05) is 14.0 Å². The van der Waals surface area contributed by atoms with Gasteiger partial charge in [0, 0.05) is 25.7 Å². The Morgan fingerprint density at radius 1 is 1.40 bits per heavy atom. The molecule has 1 unspecified atom stereocenters. The fourth-order valence-electron chi connectivity index (χ4n) is 2.21. The maximum atomic E-state index is 12.0. The first-order valence-electron chi connectivity index (χ1n) is 6.62. The Morgan fingerprint density at radius 2 is 2.05 bits per heavy atom. The lowest BCUT2D eigenvalue weighted by molar-refractivity contribution is -0.141. The Morgan fingerprint density at radius 3 is 2.55 bits per heavy atom. The summed E-state index contributed by atoms with van der Waals surface area (Å²) in [6.45, 7) is 3.85. The van der Waals surface area contributed by atoms with E-state index in [4.69, 9.17) is 10.8 Å². The van der Waals surface area contributed by atoms with E-state index in [1.165, 1.54) is 0 Å². The molecule has 1 aliphatic heterocycles. The minimum absolute atomic E-state index is 0.258. The van der Waals surface area contributed by atoms with E-state index in [1.54, 1.807) is 4.90 Å². The smallest absolute Gasteiger partial charge is 0.326 e. The van der Waals surface area contributed by atoms with Crippen LogP contribution in [0.3, 0.4) is 0 Å². The van der Waals surface area contributed by atoms with Crippen molar-refractivity contribution in [3.8, 4) is 0 Å². The van der Waals surface area contributed by atoms with Crippen LogP contribution in [-0.4, -0.2) is 71.6 Å². The van der Waals surface area contributed by atoms with E-state index in [2.05, 4.69) is 10.2 Å². The first-order chi connectivity index (χ1) is 9.35. The maximum absolute atomic E-state index is 12.0. The molecule has 1 rings (SSSR count). The topological polar surface area (TPSA) is 116 Å². The Labute approximate surface area is 117 Å². The molecule has 1 aliphatic rings. The van der Waals surface area contributed by atoms with Gasteiger partial charge in [-0.05, 0) is 13.5 Å². The number of primary amides is 1. The monoisotopic (exact) mass is 286 g/mol. The lowest BCUT2D eigenvalue weighted by Crippen LogP contribution is -2.57. The zero-order valence-corrected chi connectivity index (χ0v) is 11.8. The molecular formula is C12H22N4O4. The van der Waals surface area contributed by atoms with Crippen molar-refractivity contribution < 1.29 is 19.5 Å². The summed E-state index contributed by atoms with van der Waals surface area (Å²) in [5.41, 5.74) is 4.97. The summed E-state index contributed by atoms with van der Waals surface area (Å²) in [4.78, 5) is 37.6. The van der Waals surface area contributed by atoms with Crippen LogP contribution in [0.4, 0.5) is 4.79 Å². The van der Waals surface area contributed by atoms with E-state index in [0.717, 1.165) is 13.0 Å². The van der Waals surface area contributed by atoms with Gasteiger partial charge in [-0.1, -0.05) is 6.92 Å². The number of aliphatic carboxylic acids is 1. The lowest BCUT2D eigenvalue weighted by atomic mass is 10.1. The minimum Gasteiger partial charge on any atom is -0.480 e. The zero-order chi connectivity index (χ0) is 15.3. The molecule has 3 amide bonds. The number of hydrogen-bond acceptors (Lipinski definition) is 4. The van der Waals surface area contributed by atoms with Gasteiger partial charge in [0.15, 0.2) is 0 Å².